The predicted molar refractivity (Wildman–Crippen MR) is 116 cm³/mol. The fraction of sp³-hybridized carbons (Fsp3) is 0.409. The first-order valence-corrected chi connectivity index (χ1v) is 10.1. The van der Waals surface area contributed by atoms with Gasteiger partial charge in [0.05, 0.1) is 24.2 Å². The Kier molecular flexibility index (Phi) is 3.23. The molecule has 6 rings (SSSR count). The van der Waals surface area contributed by atoms with Gasteiger partial charge in [0, 0.05) is 11.5 Å². The molecule has 3 heterocycles. The van der Waals surface area contributed by atoms with Gasteiger partial charge < -0.3 is 9.64 Å². The average Bonchev–Trinajstić information content (AvgIpc) is 3.53. The summed E-state index contributed by atoms with van der Waals surface area (Å²) in [5.41, 5.74) is 1.80. The van der Waals surface area contributed by atoms with Crippen LogP contribution in [-0.4, -0.2) is 56.7 Å². The van der Waals surface area contributed by atoms with E-state index >= 15 is 0 Å². The van der Waals surface area contributed by atoms with Crippen LogP contribution in [0.25, 0.3) is 27.1 Å². The van der Waals surface area contributed by atoms with Gasteiger partial charge in [-0.2, -0.15) is 5.10 Å². The fourth-order valence-electron chi connectivity index (χ4n) is 4.62. The second-order valence-corrected chi connectivity index (χ2v) is 8.98. The number of H-pyrrole nitrogens is 1. The Balaban J connectivity index is 1.34. The van der Waals surface area contributed by atoms with Crippen molar-refractivity contribution in [2.24, 2.45) is 4.99 Å². The summed E-state index contributed by atoms with van der Waals surface area (Å²) >= 11 is 0. The van der Waals surface area contributed by atoms with Crippen molar-refractivity contribution in [3.05, 3.63) is 35.4 Å². The lowest BCUT2D eigenvalue weighted by Gasteiger charge is -2.18. The first kappa shape index (κ1) is 17.4. The van der Waals surface area contributed by atoms with Crippen LogP contribution in [0.5, 0.6) is 5.75 Å². The van der Waals surface area contributed by atoms with E-state index in [9.17, 15) is 0 Å². The van der Waals surface area contributed by atoms with Crippen molar-refractivity contribution in [2.45, 2.75) is 42.9 Å². The highest BCUT2D eigenvalue weighted by molar-refractivity contribution is 5.93. The van der Waals surface area contributed by atoms with Gasteiger partial charge in [-0.3, -0.25) is 10.1 Å². The van der Waals surface area contributed by atoms with Gasteiger partial charge in [-0.25, -0.2) is 9.97 Å². The number of piperidine rings is 1. The highest BCUT2D eigenvalue weighted by Crippen LogP contribution is 2.59. The van der Waals surface area contributed by atoms with E-state index in [-0.39, 0.29) is 16.7 Å². The summed E-state index contributed by atoms with van der Waals surface area (Å²) in [6.45, 7) is 13.0. The van der Waals surface area contributed by atoms with Gasteiger partial charge >= 0.3 is 5.54 Å². The molecule has 150 valence electrons. The quantitative estimate of drug-likeness (QED) is 0.664. The molecule has 3 aliphatic rings. The highest BCUT2D eigenvalue weighted by Gasteiger charge is 2.83. The summed E-state index contributed by atoms with van der Waals surface area (Å²) in [5.74, 6) is 1.66. The lowest BCUT2D eigenvalue weighted by atomic mass is 10.1. The van der Waals surface area contributed by atoms with E-state index in [1.165, 1.54) is 0 Å². The molecule has 8 heteroatoms. The van der Waals surface area contributed by atoms with Gasteiger partial charge in [-0.15, -0.1) is 0 Å². The van der Waals surface area contributed by atoms with Crippen molar-refractivity contribution in [1.82, 2.24) is 20.2 Å². The van der Waals surface area contributed by atoms with Crippen molar-refractivity contribution in [3.8, 4) is 23.7 Å². The molecule has 2 saturated carbocycles. The molecule has 3 aromatic rings. The topological polar surface area (TPSA) is 83.7 Å². The van der Waals surface area contributed by atoms with Crippen LogP contribution in [0.2, 0.25) is 0 Å². The number of benzene rings is 1. The monoisotopic (exact) mass is 400 g/mol. The Hall–Kier alpha value is -3.47. The fourth-order valence-corrected chi connectivity index (χ4v) is 4.62. The zero-order valence-corrected chi connectivity index (χ0v) is 16.8. The molecule has 0 bridgehead atoms. The van der Waals surface area contributed by atoms with E-state index in [1.54, 1.807) is 6.33 Å². The summed E-state index contributed by atoms with van der Waals surface area (Å²) in [7, 11) is 0. The summed E-state index contributed by atoms with van der Waals surface area (Å²) in [6, 6.07) is 7.96. The zero-order valence-electron chi connectivity index (χ0n) is 16.8. The minimum atomic E-state index is -0.343. The molecular weight excluding hydrogens is 378 g/mol. The van der Waals surface area contributed by atoms with E-state index < -0.39 is 0 Å². The number of rotatable bonds is 5. The molecule has 0 radical (unpaired) electrons. The molecule has 1 saturated heterocycles. The van der Waals surface area contributed by atoms with Crippen molar-refractivity contribution in [3.63, 3.8) is 0 Å². The molecule has 1 aromatic carbocycles. The van der Waals surface area contributed by atoms with Crippen LogP contribution in [0.1, 0.15) is 26.2 Å². The minimum Gasteiger partial charge on any atom is -0.488 e. The van der Waals surface area contributed by atoms with Crippen LogP contribution >= 0.6 is 0 Å². The molecule has 2 atom stereocenters. The smallest absolute Gasteiger partial charge is 0.326 e. The first-order valence-electron chi connectivity index (χ1n) is 10.1. The molecule has 2 aliphatic carbocycles. The number of nitrogens with zero attached hydrogens (tertiary/aromatic N) is 6. The van der Waals surface area contributed by atoms with Crippen LogP contribution in [0.15, 0.2) is 35.6 Å². The molecule has 1 N–H and O–H groups in total. The van der Waals surface area contributed by atoms with Crippen molar-refractivity contribution in [2.75, 3.05) is 18.0 Å². The normalized spacial score (nSPS) is 28.1. The predicted octanol–water partition coefficient (Wildman–Crippen LogP) is 3.32. The Morgan fingerprint density at radius 3 is 2.87 bits per heavy atom. The number of nitrogens with one attached hydrogen (secondary N) is 1. The van der Waals surface area contributed by atoms with Crippen LogP contribution in [-0.2, 0) is 0 Å². The van der Waals surface area contributed by atoms with E-state index in [1.807, 2.05) is 24.3 Å². The number of aromatic nitrogens is 4. The summed E-state index contributed by atoms with van der Waals surface area (Å²) < 4.78 is 6.13. The van der Waals surface area contributed by atoms with Crippen LogP contribution < -0.4 is 9.64 Å². The number of aromatic amines is 1. The van der Waals surface area contributed by atoms with E-state index in [2.05, 4.69) is 48.5 Å². The number of aliphatic imine (C=N–C) groups is 1. The van der Waals surface area contributed by atoms with Crippen molar-refractivity contribution < 1.29 is 4.74 Å². The van der Waals surface area contributed by atoms with Crippen LogP contribution in [0.4, 0.5) is 5.82 Å². The third-order valence-corrected chi connectivity index (χ3v) is 6.85. The number of anilines is 1. The number of ether oxygens (including phenoxy) is 1. The third-order valence-electron chi connectivity index (χ3n) is 6.85. The number of hydrogen-bond acceptors (Lipinski definition) is 6. The minimum absolute atomic E-state index is 0.0323. The summed E-state index contributed by atoms with van der Waals surface area (Å²) in [4.78, 5) is 19.6. The maximum atomic E-state index is 6.13. The second-order valence-electron chi connectivity index (χ2n) is 8.98. The first-order chi connectivity index (χ1) is 14.5. The molecule has 1 aliphatic heterocycles. The number of fused-ring (bicyclic) bond motifs is 2. The van der Waals surface area contributed by atoms with E-state index in [0.717, 1.165) is 53.1 Å². The maximum Gasteiger partial charge on any atom is 0.326 e. The zero-order chi connectivity index (χ0) is 20.6. The molecular formula is C22H22N7O+. The van der Waals surface area contributed by atoms with Crippen molar-refractivity contribution in [1.29, 1.82) is 0 Å². The maximum absolute atomic E-state index is 6.13. The van der Waals surface area contributed by atoms with E-state index in [4.69, 9.17) is 11.3 Å². The summed E-state index contributed by atoms with van der Waals surface area (Å²) in [5, 5.41) is 8.58. The summed E-state index contributed by atoms with van der Waals surface area (Å²) in [6.07, 6.45) is 4.60. The van der Waals surface area contributed by atoms with Gasteiger partial charge in [0.25, 0.3) is 6.57 Å². The number of hydrogen-bond donors (Lipinski definition) is 1. The Bertz CT molecular complexity index is 1240. The molecule has 3 fully saturated rings. The second kappa shape index (κ2) is 5.57. The van der Waals surface area contributed by atoms with E-state index in [0.29, 0.717) is 13.1 Å². The largest absolute Gasteiger partial charge is 0.488 e. The molecule has 2 aromatic heterocycles. The van der Waals surface area contributed by atoms with Crippen molar-refractivity contribution >= 4 is 23.4 Å². The molecule has 8 nitrogen and oxygen atoms in total. The standard InChI is InChI=1S/C22H22N7O/c1-20(6-7-20)30-14-4-5-16-15(8-14)19(28-27-16)17-9-18(26-13-25-17)29-11-21(23-2)10-22(21,12-29)24-3/h2,4-5,8-9,13H,3,6-7,10-12H2,1H3,(H,27,28)/q+1/t21-,22+/m1/s1. The highest BCUT2D eigenvalue weighted by atomic mass is 16.5. The Labute approximate surface area is 173 Å². The Morgan fingerprint density at radius 1 is 1.27 bits per heavy atom. The molecule has 30 heavy (non-hydrogen) atoms. The van der Waals surface area contributed by atoms with Gasteiger partial charge in [0.2, 0.25) is 0 Å². The average molecular weight is 400 g/mol. The third kappa shape index (κ3) is 2.38. The van der Waals surface area contributed by atoms with Gasteiger partial charge in [-0.05, 0) is 44.7 Å². The molecule has 0 spiro atoms. The SMILES string of the molecule is C#[N+][C@]12CN(c3cc(-c4n[nH]c5ccc(OC6(C)CC6)cc45)ncn3)C[C@@]1(N=C)C2. The van der Waals surface area contributed by atoms with Gasteiger partial charge in [-0.1, -0.05) is 4.85 Å². The van der Waals surface area contributed by atoms with Crippen LogP contribution in [0.3, 0.4) is 0 Å². The molecule has 0 amide bonds. The lowest BCUT2D eigenvalue weighted by Crippen LogP contribution is -2.27. The molecule has 0 unspecified atom stereocenters. The Morgan fingerprint density at radius 2 is 2.13 bits per heavy atom. The lowest BCUT2D eigenvalue weighted by molar-refractivity contribution is 0.200. The van der Waals surface area contributed by atoms with Crippen LogP contribution in [0, 0.1) is 6.57 Å². The van der Waals surface area contributed by atoms with Gasteiger partial charge in [0.1, 0.15) is 35.7 Å². The van der Waals surface area contributed by atoms with Gasteiger partial charge in [0.15, 0.2) is 5.54 Å².